The van der Waals surface area contributed by atoms with Crippen molar-refractivity contribution in [1.82, 2.24) is 19.5 Å². The molecule has 130 valence electrons. The van der Waals surface area contributed by atoms with Crippen LogP contribution in [0.2, 0.25) is 0 Å². The number of hydrogen-bond donors (Lipinski definition) is 1. The van der Waals surface area contributed by atoms with E-state index in [1.54, 1.807) is 35.2 Å². The van der Waals surface area contributed by atoms with Crippen LogP contribution >= 0.6 is 0 Å². The number of aryl methyl sites for hydroxylation is 2. The maximum Gasteiger partial charge on any atom is 0.263 e. The maximum absolute atomic E-state index is 12.5. The molecule has 1 N–H and O–H groups in total. The summed E-state index contributed by atoms with van der Waals surface area (Å²) in [7, 11) is -3.71. The van der Waals surface area contributed by atoms with Gasteiger partial charge in [-0.1, -0.05) is 25.5 Å². The zero-order chi connectivity index (χ0) is 17.9. The first kappa shape index (κ1) is 17.1. The van der Waals surface area contributed by atoms with Crippen LogP contribution in [-0.4, -0.2) is 27.9 Å². The Hall–Kier alpha value is -2.74. The second kappa shape index (κ2) is 7.02. The summed E-state index contributed by atoms with van der Waals surface area (Å²) >= 11 is 0. The van der Waals surface area contributed by atoms with Gasteiger partial charge in [-0.25, -0.2) is 23.4 Å². The van der Waals surface area contributed by atoms with Crippen LogP contribution < -0.4 is 4.72 Å². The Morgan fingerprint density at radius 3 is 2.52 bits per heavy atom. The van der Waals surface area contributed by atoms with Gasteiger partial charge in [-0.15, -0.1) is 0 Å². The van der Waals surface area contributed by atoms with Crippen molar-refractivity contribution in [1.29, 1.82) is 0 Å². The van der Waals surface area contributed by atoms with E-state index in [2.05, 4.69) is 26.6 Å². The average molecular weight is 357 g/mol. The minimum Gasteiger partial charge on any atom is -0.288 e. The molecule has 2 heterocycles. The van der Waals surface area contributed by atoms with Crippen LogP contribution in [0, 0.1) is 6.92 Å². The Bertz CT molecular complexity index is 965. The summed E-state index contributed by atoms with van der Waals surface area (Å²) in [4.78, 5) is 12.5. The zero-order valence-corrected chi connectivity index (χ0v) is 14.9. The number of nitrogens with one attached hydrogen (secondary N) is 1. The highest BCUT2D eigenvalue weighted by Gasteiger charge is 2.15. The lowest BCUT2D eigenvalue weighted by molar-refractivity contribution is 0.601. The average Bonchev–Trinajstić information content (AvgIpc) is 3.02. The molecule has 0 radical (unpaired) electrons. The Morgan fingerprint density at radius 2 is 1.88 bits per heavy atom. The van der Waals surface area contributed by atoms with Gasteiger partial charge in [-0.3, -0.25) is 9.29 Å². The topological polar surface area (TPSA) is 89.8 Å². The molecule has 0 saturated heterocycles. The summed E-state index contributed by atoms with van der Waals surface area (Å²) in [5.74, 6) is 1.50. The molecule has 1 aromatic carbocycles. The van der Waals surface area contributed by atoms with Gasteiger partial charge >= 0.3 is 0 Å². The number of imidazole rings is 1. The monoisotopic (exact) mass is 357 g/mol. The second-order valence-electron chi connectivity index (χ2n) is 5.61. The van der Waals surface area contributed by atoms with Gasteiger partial charge in [0.05, 0.1) is 4.90 Å². The molecular formula is C17H19N5O2S. The second-order valence-corrected chi connectivity index (χ2v) is 7.29. The highest BCUT2D eigenvalue weighted by atomic mass is 32.2. The first-order valence-electron chi connectivity index (χ1n) is 7.94. The SMILES string of the molecule is CCCc1ccc(S(=O)(=O)Nc2cc(-n3ccnc3C)ncn2)cc1. The Kier molecular flexibility index (Phi) is 4.80. The van der Waals surface area contributed by atoms with Gasteiger partial charge in [0.2, 0.25) is 0 Å². The number of rotatable bonds is 6. The summed E-state index contributed by atoms with van der Waals surface area (Å²) in [6, 6.07) is 8.44. The third-order valence-corrected chi connectivity index (χ3v) is 5.11. The fourth-order valence-electron chi connectivity index (χ4n) is 2.48. The van der Waals surface area contributed by atoms with E-state index < -0.39 is 10.0 Å². The molecule has 2 aromatic heterocycles. The fraction of sp³-hybridized carbons (Fsp3) is 0.235. The molecule has 0 aliphatic heterocycles. The lowest BCUT2D eigenvalue weighted by atomic mass is 10.1. The van der Waals surface area contributed by atoms with E-state index in [0.29, 0.717) is 5.82 Å². The maximum atomic E-state index is 12.5. The van der Waals surface area contributed by atoms with Crippen molar-refractivity contribution in [3.8, 4) is 5.82 Å². The van der Waals surface area contributed by atoms with E-state index in [0.717, 1.165) is 24.2 Å². The molecule has 25 heavy (non-hydrogen) atoms. The number of anilines is 1. The van der Waals surface area contributed by atoms with Gasteiger partial charge in [0.25, 0.3) is 10.0 Å². The van der Waals surface area contributed by atoms with E-state index in [-0.39, 0.29) is 10.7 Å². The van der Waals surface area contributed by atoms with Crippen molar-refractivity contribution in [3.05, 3.63) is 60.4 Å². The van der Waals surface area contributed by atoms with Crippen molar-refractivity contribution in [2.45, 2.75) is 31.6 Å². The molecule has 3 rings (SSSR count). The predicted molar refractivity (Wildman–Crippen MR) is 95.1 cm³/mol. The quantitative estimate of drug-likeness (QED) is 0.732. The molecule has 7 nitrogen and oxygen atoms in total. The molecule has 0 aliphatic rings. The van der Waals surface area contributed by atoms with Crippen LogP contribution in [0.25, 0.3) is 5.82 Å². The van der Waals surface area contributed by atoms with E-state index in [1.807, 2.05) is 19.1 Å². The van der Waals surface area contributed by atoms with E-state index in [1.165, 1.54) is 6.33 Å². The number of benzene rings is 1. The summed E-state index contributed by atoms with van der Waals surface area (Å²) in [5.41, 5.74) is 1.11. The molecule has 0 amide bonds. The molecule has 0 fully saturated rings. The minimum absolute atomic E-state index is 0.200. The van der Waals surface area contributed by atoms with E-state index in [9.17, 15) is 8.42 Å². The van der Waals surface area contributed by atoms with Crippen molar-refractivity contribution >= 4 is 15.8 Å². The molecular weight excluding hydrogens is 338 g/mol. The van der Waals surface area contributed by atoms with E-state index in [4.69, 9.17) is 0 Å². The molecule has 0 atom stereocenters. The van der Waals surface area contributed by atoms with Gasteiger partial charge in [-0.05, 0) is 31.0 Å². The summed E-state index contributed by atoms with van der Waals surface area (Å²) in [6.07, 6.45) is 6.66. The predicted octanol–water partition coefficient (Wildman–Crippen LogP) is 2.72. The third kappa shape index (κ3) is 3.85. The molecule has 0 aliphatic carbocycles. The van der Waals surface area contributed by atoms with Crippen LogP contribution in [0.1, 0.15) is 24.7 Å². The Labute approximate surface area is 146 Å². The van der Waals surface area contributed by atoms with Gasteiger partial charge in [0, 0.05) is 18.5 Å². The summed E-state index contributed by atoms with van der Waals surface area (Å²) in [5, 5.41) is 0. The largest absolute Gasteiger partial charge is 0.288 e. The number of hydrogen-bond acceptors (Lipinski definition) is 5. The highest BCUT2D eigenvalue weighted by molar-refractivity contribution is 7.92. The molecule has 3 aromatic rings. The molecule has 0 bridgehead atoms. The summed E-state index contributed by atoms with van der Waals surface area (Å²) < 4.78 is 29.3. The normalized spacial score (nSPS) is 11.4. The minimum atomic E-state index is -3.71. The first-order valence-corrected chi connectivity index (χ1v) is 9.42. The van der Waals surface area contributed by atoms with Crippen LogP contribution in [0.4, 0.5) is 5.82 Å². The summed E-state index contributed by atoms with van der Waals surface area (Å²) in [6.45, 7) is 3.92. The first-order chi connectivity index (χ1) is 12.0. The number of aromatic nitrogens is 4. The fourth-order valence-corrected chi connectivity index (χ4v) is 3.47. The van der Waals surface area contributed by atoms with Crippen LogP contribution in [-0.2, 0) is 16.4 Å². The van der Waals surface area contributed by atoms with Crippen molar-refractivity contribution in [2.75, 3.05) is 4.72 Å². The molecule has 0 saturated carbocycles. The van der Waals surface area contributed by atoms with Gasteiger partial charge < -0.3 is 0 Å². The Morgan fingerprint density at radius 1 is 1.12 bits per heavy atom. The van der Waals surface area contributed by atoms with E-state index >= 15 is 0 Å². The highest BCUT2D eigenvalue weighted by Crippen LogP contribution is 2.17. The lowest BCUT2D eigenvalue weighted by Crippen LogP contribution is -2.14. The number of nitrogens with zero attached hydrogens (tertiary/aromatic N) is 4. The number of sulfonamides is 1. The molecule has 0 unspecified atom stereocenters. The van der Waals surface area contributed by atoms with Gasteiger partial charge in [-0.2, -0.15) is 0 Å². The zero-order valence-electron chi connectivity index (χ0n) is 14.0. The lowest BCUT2D eigenvalue weighted by Gasteiger charge is -2.09. The molecule has 8 heteroatoms. The van der Waals surface area contributed by atoms with Gasteiger partial charge in [0.15, 0.2) is 0 Å². The molecule has 0 spiro atoms. The third-order valence-electron chi connectivity index (χ3n) is 3.74. The standard InChI is InChI=1S/C17H19N5O2S/c1-3-4-14-5-7-15(8-6-14)25(23,24)21-16-11-17(20-12-19-16)22-10-9-18-13(22)2/h5-12H,3-4H2,1-2H3,(H,19,20,21). The smallest absolute Gasteiger partial charge is 0.263 e. The van der Waals surface area contributed by atoms with Crippen LogP contribution in [0.5, 0.6) is 0 Å². The van der Waals surface area contributed by atoms with Crippen molar-refractivity contribution in [2.24, 2.45) is 0 Å². The van der Waals surface area contributed by atoms with Gasteiger partial charge in [0.1, 0.15) is 23.8 Å². The van der Waals surface area contributed by atoms with Crippen LogP contribution in [0.15, 0.2) is 53.9 Å². The Balaban J connectivity index is 1.85. The van der Waals surface area contributed by atoms with Crippen molar-refractivity contribution in [3.63, 3.8) is 0 Å². The van der Waals surface area contributed by atoms with Crippen molar-refractivity contribution < 1.29 is 8.42 Å². The van der Waals surface area contributed by atoms with Crippen LogP contribution in [0.3, 0.4) is 0 Å².